The number of ether oxygens (including phenoxy) is 2. The van der Waals surface area contributed by atoms with Crippen molar-refractivity contribution in [2.75, 3.05) is 30.1 Å². The van der Waals surface area contributed by atoms with Gasteiger partial charge in [0, 0.05) is 48.4 Å². The highest BCUT2D eigenvalue weighted by Gasteiger charge is 2.66. The maximum Gasteiger partial charge on any atom is 0.264 e. The zero-order valence-electron chi connectivity index (χ0n) is 28.3. The Morgan fingerprint density at radius 3 is 2.49 bits per heavy atom. The van der Waals surface area contributed by atoms with E-state index in [1.807, 2.05) is 85.9 Å². The molecule has 3 aliphatic rings. The minimum absolute atomic E-state index is 0.105. The maximum atomic E-state index is 16.4. The molecule has 2 fully saturated rings. The number of nitrogens with zero attached hydrogens (tertiary/aromatic N) is 5. The van der Waals surface area contributed by atoms with E-state index in [0.717, 1.165) is 16.8 Å². The molecule has 0 aliphatic carbocycles. The molecule has 5 atom stereocenters. The van der Waals surface area contributed by atoms with Gasteiger partial charge in [0.1, 0.15) is 5.75 Å². The third kappa shape index (κ3) is 5.75. The van der Waals surface area contributed by atoms with Gasteiger partial charge in [-0.3, -0.25) is 14.3 Å². The molecule has 2 amide bonds. The summed E-state index contributed by atoms with van der Waals surface area (Å²) in [5.41, 5.74) is 2.89. The fourth-order valence-electron chi connectivity index (χ4n) is 8.03. The van der Waals surface area contributed by atoms with Crippen molar-refractivity contribution in [3.63, 3.8) is 0 Å². The van der Waals surface area contributed by atoms with Crippen LogP contribution in [0, 0.1) is 5.92 Å². The minimum Gasteiger partial charge on any atom is -0.497 e. The van der Waals surface area contributed by atoms with Gasteiger partial charge in [0.15, 0.2) is 5.60 Å². The van der Waals surface area contributed by atoms with Gasteiger partial charge in [0.25, 0.3) is 5.91 Å². The largest absolute Gasteiger partial charge is 0.497 e. The van der Waals surface area contributed by atoms with Gasteiger partial charge in [0.2, 0.25) is 14.3 Å². The molecule has 3 aromatic carbocycles. The Hall–Kier alpha value is -4.39. The fourth-order valence-corrected chi connectivity index (χ4v) is 10.6. The molecule has 1 unspecified atom stereocenters. The molecule has 1 aromatic heterocycles. The van der Waals surface area contributed by atoms with Crippen LogP contribution in [0.5, 0.6) is 5.75 Å². The number of aryl methyl sites for hydroxylation is 1. The van der Waals surface area contributed by atoms with Gasteiger partial charge >= 0.3 is 0 Å². The zero-order valence-corrected chi connectivity index (χ0v) is 29.3. The lowest BCUT2D eigenvalue weighted by Crippen LogP contribution is -2.45. The summed E-state index contributed by atoms with van der Waals surface area (Å²) in [5, 5.41) is 18.8. The number of aromatic nitrogens is 3. The lowest BCUT2D eigenvalue weighted by molar-refractivity contribution is -0.146. The van der Waals surface area contributed by atoms with Crippen LogP contribution >= 0.6 is 0 Å². The summed E-state index contributed by atoms with van der Waals surface area (Å²) in [6.07, 6.45) is 2.26. The maximum absolute atomic E-state index is 16.4. The number of hydrogen-bond donors (Lipinski definition) is 1. The van der Waals surface area contributed by atoms with Gasteiger partial charge < -0.3 is 28.5 Å². The highest BCUT2D eigenvalue weighted by Crippen LogP contribution is 2.60. The molecule has 0 bridgehead atoms. The van der Waals surface area contributed by atoms with Crippen molar-refractivity contribution >= 4 is 31.6 Å². The Balaban J connectivity index is 1.17. The van der Waals surface area contributed by atoms with Gasteiger partial charge in [-0.15, -0.1) is 5.10 Å². The first-order chi connectivity index (χ1) is 23.5. The van der Waals surface area contributed by atoms with Crippen LogP contribution in [0.3, 0.4) is 0 Å². The van der Waals surface area contributed by atoms with Crippen LogP contribution in [-0.4, -0.2) is 66.7 Å². The van der Waals surface area contributed by atoms with Crippen molar-refractivity contribution in [3.05, 3.63) is 101 Å². The van der Waals surface area contributed by atoms with Crippen LogP contribution in [0.25, 0.3) is 0 Å². The summed E-state index contributed by atoms with van der Waals surface area (Å²) < 4.78 is 30.6. The van der Waals surface area contributed by atoms with E-state index in [-0.39, 0.29) is 24.3 Å². The quantitative estimate of drug-likeness (QED) is 0.125. The van der Waals surface area contributed by atoms with Crippen molar-refractivity contribution in [2.45, 2.75) is 69.1 Å². The predicted octanol–water partition coefficient (Wildman–Crippen LogP) is 5.56. The summed E-state index contributed by atoms with van der Waals surface area (Å²) in [6, 6.07) is 22.9. The van der Waals surface area contributed by atoms with E-state index in [1.165, 1.54) is 0 Å². The molecular formula is C37H42FN5O5Si. The molecule has 49 heavy (non-hydrogen) atoms. The number of fused-ring (bicyclic) bond motifs is 2. The Kier molecular flexibility index (Phi) is 8.66. The second-order valence-corrected chi connectivity index (χ2v) is 17.6. The molecule has 7 rings (SSSR count). The molecule has 1 N–H and O–H groups in total. The van der Waals surface area contributed by atoms with Crippen molar-refractivity contribution in [3.8, 4) is 5.75 Å². The van der Waals surface area contributed by atoms with Crippen molar-refractivity contribution in [1.82, 2.24) is 15.0 Å². The first-order valence-electron chi connectivity index (χ1n) is 16.9. The Morgan fingerprint density at radius 2 is 1.86 bits per heavy atom. The van der Waals surface area contributed by atoms with Crippen LogP contribution in [-0.2, 0) is 33.0 Å². The third-order valence-electron chi connectivity index (χ3n) is 10.5. The molecule has 1 spiro atoms. The number of aliphatic hydroxyl groups excluding tert-OH is 1. The smallest absolute Gasteiger partial charge is 0.264 e. The van der Waals surface area contributed by atoms with Crippen molar-refractivity contribution in [1.29, 1.82) is 0 Å². The molecule has 0 saturated carbocycles. The number of carbonyl (C=O) groups is 2. The lowest BCUT2D eigenvalue weighted by Gasteiger charge is -2.31. The van der Waals surface area contributed by atoms with E-state index >= 15 is 4.11 Å². The Bertz CT molecular complexity index is 1850. The van der Waals surface area contributed by atoms with Crippen LogP contribution in [0.2, 0.25) is 18.6 Å². The Morgan fingerprint density at radius 1 is 1.10 bits per heavy atom. The average Bonchev–Trinajstić information content (AvgIpc) is 3.74. The summed E-state index contributed by atoms with van der Waals surface area (Å²) in [7, 11) is -1.79. The molecule has 12 heteroatoms. The SMILES string of the molecule is COc1ccc2c(c1)[C@@]1(O[C@H](CCn3cc(C(CO)c4ccccc4)nn3)[C@@H]([Si](C)(C)F)[C@@H]1C)C(=O)N2Cc1ccc(N2CCC2=O)cc1. The molecule has 2 saturated heterocycles. The first-order valence-corrected chi connectivity index (χ1v) is 19.8. The van der Waals surface area contributed by atoms with E-state index in [1.54, 1.807) is 34.7 Å². The molecule has 0 radical (unpaired) electrons. The molecule has 256 valence electrons. The highest BCUT2D eigenvalue weighted by atomic mass is 28.4. The summed E-state index contributed by atoms with van der Waals surface area (Å²) >= 11 is 0. The van der Waals surface area contributed by atoms with Crippen LogP contribution in [0.1, 0.15) is 48.1 Å². The first kappa shape index (κ1) is 33.1. The lowest BCUT2D eigenvalue weighted by atomic mass is 9.82. The fraction of sp³-hybridized carbons (Fsp3) is 0.405. The standard InChI is InChI=1S/C37H42FN5O5Si/c1-24-35(49(3,4)38)33(16-18-41-22-31(39-40-41)29(23-44)26-8-6-5-7-9-26)48-37(24)30-20-28(47-2)14-15-32(30)43(36(37)46)21-25-10-12-27(13-11-25)42-19-17-34(42)45/h5-15,20,22,24,29,33,35,44H,16-19,21,23H2,1-4H3/t24-,29?,33+,35-,37+/m0/s1. The van der Waals surface area contributed by atoms with Gasteiger partial charge in [-0.1, -0.05) is 54.6 Å². The number of benzene rings is 3. The number of amides is 2. The number of carbonyl (C=O) groups excluding carboxylic acids is 2. The van der Waals surface area contributed by atoms with Gasteiger partial charge in [0.05, 0.1) is 43.7 Å². The predicted molar refractivity (Wildman–Crippen MR) is 186 cm³/mol. The number of β-lactam (4-membered cyclic amide) rings is 1. The number of anilines is 2. The summed E-state index contributed by atoms with van der Waals surface area (Å²) in [5.74, 6) is -0.276. The van der Waals surface area contributed by atoms with Crippen LogP contribution < -0.4 is 14.5 Å². The van der Waals surface area contributed by atoms with E-state index in [4.69, 9.17) is 9.47 Å². The average molecular weight is 684 g/mol. The van der Waals surface area contributed by atoms with E-state index in [9.17, 15) is 14.7 Å². The number of halogens is 1. The van der Waals surface area contributed by atoms with Crippen LogP contribution in [0.15, 0.2) is 79.0 Å². The Labute approximate surface area is 286 Å². The van der Waals surface area contributed by atoms with Gasteiger partial charge in [-0.05, 0) is 61.0 Å². The van der Waals surface area contributed by atoms with E-state index in [0.29, 0.717) is 55.2 Å². The number of methoxy groups -OCH3 is 1. The number of aliphatic hydroxyl groups is 1. The number of rotatable bonds is 11. The van der Waals surface area contributed by atoms with Crippen molar-refractivity contribution < 1.29 is 28.3 Å². The number of hydrogen-bond acceptors (Lipinski definition) is 7. The van der Waals surface area contributed by atoms with E-state index < -0.39 is 31.6 Å². The normalized spacial score (nSPS) is 24.0. The van der Waals surface area contributed by atoms with Crippen molar-refractivity contribution in [2.24, 2.45) is 5.92 Å². The van der Waals surface area contributed by atoms with Gasteiger partial charge in [-0.2, -0.15) is 0 Å². The third-order valence-corrected chi connectivity index (χ3v) is 13.0. The molecule has 3 aliphatic heterocycles. The second-order valence-electron chi connectivity index (χ2n) is 13.8. The van der Waals surface area contributed by atoms with Crippen LogP contribution in [0.4, 0.5) is 15.5 Å². The minimum atomic E-state index is -3.37. The molecule has 4 aromatic rings. The topological polar surface area (TPSA) is 110 Å². The second kappa shape index (κ2) is 12.8. The monoisotopic (exact) mass is 683 g/mol. The van der Waals surface area contributed by atoms with Gasteiger partial charge in [-0.25, -0.2) is 0 Å². The molecule has 4 heterocycles. The molecule has 10 nitrogen and oxygen atoms in total. The summed E-state index contributed by atoms with van der Waals surface area (Å²) in [6.45, 7) is 6.63. The summed E-state index contributed by atoms with van der Waals surface area (Å²) in [4.78, 5) is 30.2. The zero-order chi connectivity index (χ0) is 34.5. The molecular weight excluding hydrogens is 642 g/mol. The highest BCUT2D eigenvalue weighted by molar-refractivity contribution is 6.72. The van der Waals surface area contributed by atoms with E-state index in [2.05, 4.69) is 10.3 Å².